The van der Waals surface area contributed by atoms with Crippen molar-refractivity contribution in [3.05, 3.63) is 28.8 Å². The van der Waals surface area contributed by atoms with Crippen molar-refractivity contribution in [3.63, 3.8) is 0 Å². The smallest absolute Gasteiger partial charge is 0.324 e. The molecule has 0 atom stereocenters. The van der Waals surface area contributed by atoms with Crippen LogP contribution in [0.1, 0.15) is 24.8 Å². The molecule has 1 aromatic rings. The van der Waals surface area contributed by atoms with Gasteiger partial charge in [0.1, 0.15) is 4.32 Å². The van der Waals surface area contributed by atoms with E-state index in [1.54, 1.807) is 0 Å². The Balaban J connectivity index is 2.16. The Morgan fingerprint density at radius 1 is 1.37 bits per heavy atom. The van der Waals surface area contributed by atoms with Gasteiger partial charge >= 0.3 is 6.18 Å². The van der Waals surface area contributed by atoms with E-state index < -0.39 is 16.1 Å². The molecule has 104 valence electrons. The van der Waals surface area contributed by atoms with Gasteiger partial charge in [-0.3, -0.25) is 4.79 Å². The van der Waals surface area contributed by atoms with Crippen molar-refractivity contribution in [2.45, 2.75) is 29.8 Å². The SMILES string of the molecule is O=C(Nc1ccc(C(F)(F)F)cc1Cl)C1(Br)CCC1. The molecule has 0 radical (unpaired) electrons. The Kier molecular flexibility index (Phi) is 3.84. The molecule has 0 heterocycles. The van der Waals surface area contributed by atoms with Gasteiger partial charge in [0.2, 0.25) is 5.91 Å². The monoisotopic (exact) mass is 355 g/mol. The number of hydrogen-bond donors (Lipinski definition) is 1. The normalized spacial score (nSPS) is 17.7. The largest absolute Gasteiger partial charge is 0.416 e. The van der Waals surface area contributed by atoms with Crippen molar-refractivity contribution in [2.24, 2.45) is 0 Å². The Morgan fingerprint density at radius 2 is 2.00 bits per heavy atom. The molecule has 1 aliphatic rings. The molecule has 7 heteroatoms. The number of nitrogens with one attached hydrogen (secondary N) is 1. The van der Waals surface area contributed by atoms with Crippen LogP contribution in [0.3, 0.4) is 0 Å². The van der Waals surface area contributed by atoms with E-state index in [1.807, 2.05) is 0 Å². The number of halogens is 5. The topological polar surface area (TPSA) is 29.1 Å². The molecule has 0 bridgehead atoms. The summed E-state index contributed by atoms with van der Waals surface area (Å²) in [5.41, 5.74) is -0.655. The second-order valence-corrected chi connectivity index (χ2v) is 6.39. The molecular formula is C12H10BrClF3NO. The Hall–Kier alpha value is -0.750. The van der Waals surface area contributed by atoms with Crippen molar-refractivity contribution in [2.75, 3.05) is 5.32 Å². The summed E-state index contributed by atoms with van der Waals surface area (Å²) >= 11 is 9.09. The average molecular weight is 357 g/mol. The molecule has 1 saturated carbocycles. The Labute approximate surface area is 121 Å². The van der Waals surface area contributed by atoms with Crippen LogP contribution in [-0.4, -0.2) is 10.2 Å². The lowest BCUT2D eigenvalue weighted by Gasteiger charge is -2.34. The lowest BCUT2D eigenvalue weighted by molar-refractivity contribution is -0.137. The first-order valence-corrected chi connectivity index (χ1v) is 6.77. The van der Waals surface area contributed by atoms with Crippen LogP contribution in [0.15, 0.2) is 18.2 Å². The van der Waals surface area contributed by atoms with Gasteiger partial charge in [0.15, 0.2) is 0 Å². The molecule has 0 aliphatic heterocycles. The van der Waals surface area contributed by atoms with Crippen LogP contribution in [0, 0.1) is 0 Å². The summed E-state index contributed by atoms with van der Waals surface area (Å²) < 4.78 is 36.8. The first kappa shape index (κ1) is 14.7. The molecule has 0 unspecified atom stereocenters. The minimum Gasteiger partial charge on any atom is -0.324 e. The van der Waals surface area contributed by atoms with Gasteiger partial charge in [-0.1, -0.05) is 27.5 Å². The minimum absolute atomic E-state index is 0.126. The highest BCUT2D eigenvalue weighted by molar-refractivity contribution is 9.10. The van der Waals surface area contributed by atoms with Crippen molar-refractivity contribution in [1.82, 2.24) is 0 Å². The molecule has 1 amide bonds. The summed E-state index contributed by atoms with van der Waals surface area (Å²) in [6, 6.07) is 2.86. The third-order valence-corrected chi connectivity index (χ3v) is 4.56. The highest BCUT2D eigenvalue weighted by Gasteiger charge is 2.41. The number of rotatable bonds is 2. The number of carbonyl (C=O) groups excluding carboxylic acids is 1. The van der Waals surface area contributed by atoms with Crippen LogP contribution in [0.4, 0.5) is 18.9 Å². The first-order valence-electron chi connectivity index (χ1n) is 5.59. The van der Waals surface area contributed by atoms with Gasteiger partial charge in [0.25, 0.3) is 0 Å². The van der Waals surface area contributed by atoms with Crippen molar-refractivity contribution in [3.8, 4) is 0 Å². The van der Waals surface area contributed by atoms with Gasteiger partial charge in [0.05, 0.1) is 16.3 Å². The van der Waals surface area contributed by atoms with Gasteiger partial charge in [-0.15, -0.1) is 0 Å². The van der Waals surface area contributed by atoms with Gasteiger partial charge in [-0.25, -0.2) is 0 Å². The molecule has 1 N–H and O–H groups in total. The van der Waals surface area contributed by atoms with Crippen LogP contribution in [0.5, 0.6) is 0 Å². The molecule has 0 aromatic heterocycles. The van der Waals surface area contributed by atoms with Crippen LogP contribution in [-0.2, 0) is 11.0 Å². The Bertz CT molecular complexity index is 514. The molecule has 0 saturated heterocycles. The van der Waals surface area contributed by atoms with Gasteiger partial charge in [-0.2, -0.15) is 13.2 Å². The van der Waals surface area contributed by atoms with Crippen molar-refractivity contribution < 1.29 is 18.0 Å². The van der Waals surface area contributed by atoms with Crippen LogP contribution < -0.4 is 5.32 Å². The number of amides is 1. The standard InChI is InChI=1S/C12H10BrClF3NO/c13-11(4-1-5-11)10(19)18-9-3-2-7(6-8(9)14)12(15,16)17/h2-3,6H,1,4-5H2,(H,18,19). The van der Waals surface area contributed by atoms with E-state index in [0.29, 0.717) is 12.8 Å². The third-order valence-electron chi connectivity index (χ3n) is 3.10. The number of carbonyl (C=O) groups is 1. The first-order chi connectivity index (χ1) is 8.72. The number of hydrogen-bond acceptors (Lipinski definition) is 1. The van der Waals surface area contributed by atoms with Crippen LogP contribution >= 0.6 is 27.5 Å². The van der Waals surface area contributed by atoms with E-state index in [4.69, 9.17) is 11.6 Å². The minimum atomic E-state index is -4.45. The lowest BCUT2D eigenvalue weighted by Crippen LogP contribution is -2.43. The summed E-state index contributed by atoms with van der Waals surface area (Å²) in [4.78, 5) is 11.9. The van der Waals surface area contributed by atoms with Crippen molar-refractivity contribution in [1.29, 1.82) is 0 Å². The maximum atomic E-state index is 12.5. The fourth-order valence-electron chi connectivity index (χ4n) is 1.74. The fourth-order valence-corrected chi connectivity index (χ4v) is 2.63. The van der Waals surface area contributed by atoms with Gasteiger partial charge in [-0.05, 0) is 37.5 Å². The maximum Gasteiger partial charge on any atom is 0.416 e. The van der Waals surface area contributed by atoms with Gasteiger partial charge in [0, 0.05) is 0 Å². The summed E-state index contributed by atoms with van der Waals surface area (Å²) in [7, 11) is 0. The molecular weight excluding hydrogens is 346 g/mol. The zero-order valence-electron chi connectivity index (χ0n) is 9.65. The lowest BCUT2D eigenvalue weighted by atomic mass is 9.84. The number of benzene rings is 1. The highest BCUT2D eigenvalue weighted by Crippen LogP contribution is 2.41. The molecule has 2 rings (SSSR count). The number of anilines is 1. The molecule has 1 aliphatic carbocycles. The zero-order valence-corrected chi connectivity index (χ0v) is 12.0. The second-order valence-electron chi connectivity index (χ2n) is 4.47. The summed E-state index contributed by atoms with van der Waals surface area (Å²) in [6.45, 7) is 0. The predicted octanol–water partition coefficient (Wildman–Crippen LogP) is 4.61. The quantitative estimate of drug-likeness (QED) is 0.770. The summed E-state index contributed by atoms with van der Waals surface area (Å²) in [6.07, 6.45) is -2.09. The molecule has 2 nitrogen and oxygen atoms in total. The predicted molar refractivity (Wildman–Crippen MR) is 70.6 cm³/mol. The fraction of sp³-hybridized carbons (Fsp3) is 0.417. The molecule has 0 spiro atoms. The summed E-state index contributed by atoms with van der Waals surface area (Å²) in [5, 5.41) is 2.42. The van der Waals surface area contributed by atoms with E-state index in [-0.39, 0.29) is 16.6 Å². The number of alkyl halides is 4. The molecule has 1 fully saturated rings. The molecule has 19 heavy (non-hydrogen) atoms. The summed E-state index contributed by atoms with van der Waals surface area (Å²) in [5.74, 6) is -0.277. The maximum absolute atomic E-state index is 12.5. The van der Waals surface area contributed by atoms with Gasteiger partial charge < -0.3 is 5.32 Å². The second kappa shape index (κ2) is 4.98. The average Bonchev–Trinajstić information content (AvgIpc) is 2.27. The molecule has 1 aromatic carbocycles. The highest BCUT2D eigenvalue weighted by atomic mass is 79.9. The Morgan fingerprint density at radius 3 is 2.42 bits per heavy atom. The van der Waals surface area contributed by atoms with E-state index in [2.05, 4.69) is 21.2 Å². The van der Waals surface area contributed by atoms with Crippen LogP contribution in [0.25, 0.3) is 0 Å². The van der Waals surface area contributed by atoms with E-state index in [9.17, 15) is 18.0 Å². The van der Waals surface area contributed by atoms with Crippen LogP contribution in [0.2, 0.25) is 5.02 Å². The zero-order chi connectivity index (χ0) is 14.3. The van der Waals surface area contributed by atoms with E-state index in [0.717, 1.165) is 24.6 Å². The third kappa shape index (κ3) is 3.05. The van der Waals surface area contributed by atoms with Crippen molar-refractivity contribution >= 4 is 39.1 Å². The van der Waals surface area contributed by atoms with E-state index in [1.165, 1.54) is 0 Å². The van der Waals surface area contributed by atoms with E-state index >= 15 is 0 Å².